The van der Waals surface area contributed by atoms with E-state index in [0.717, 1.165) is 12.0 Å². The highest BCUT2D eigenvalue weighted by Crippen LogP contribution is 2.22. The van der Waals surface area contributed by atoms with Crippen molar-refractivity contribution >= 4 is 10.8 Å². The van der Waals surface area contributed by atoms with E-state index in [0.29, 0.717) is 0 Å². The molecular formula is C15H17N. The van der Waals surface area contributed by atoms with E-state index in [9.17, 15) is 0 Å². The predicted octanol–water partition coefficient (Wildman–Crippen LogP) is 3.81. The molecule has 2 rings (SSSR count). The normalized spacial score (nSPS) is 12.6. The molecule has 1 atom stereocenters. The zero-order chi connectivity index (χ0) is 11.5. The Balaban J connectivity index is 2.35. The summed E-state index contributed by atoms with van der Waals surface area (Å²) in [5.41, 5.74) is 8.43. The molecule has 1 unspecified atom stereocenters. The second kappa shape index (κ2) is 4.50. The van der Waals surface area contributed by atoms with Gasteiger partial charge in [0.15, 0.2) is 0 Å². The van der Waals surface area contributed by atoms with Crippen LogP contribution in [-0.2, 0) is 0 Å². The van der Waals surface area contributed by atoms with E-state index < -0.39 is 0 Å². The van der Waals surface area contributed by atoms with Gasteiger partial charge >= 0.3 is 0 Å². The first-order valence-corrected chi connectivity index (χ1v) is 5.55. The predicted molar refractivity (Wildman–Crippen MR) is 70.3 cm³/mol. The van der Waals surface area contributed by atoms with Crippen LogP contribution in [0.3, 0.4) is 0 Å². The standard InChI is InChI=1S/C15H17N/c1-11(2)9-15(16)14-8-7-12-5-3-4-6-13(12)10-14/h3-8,10,15H,1,9,16H2,2H3. The molecule has 0 heterocycles. The third kappa shape index (κ3) is 2.31. The molecule has 0 spiro atoms. The molecule has 2 aromatic rings. The quantitative estimate of drug-likeness (QED) is 0.768. The topological polar surface area (TPSA) is 26.0 Å². The molecule has 0 saturated carbocycles. The molecular weight excluding hydrogens is 194 g/mol. The van der Waals surface area contributed by atoms with Crippen LogP contribution in [0.25, 0.3) is 10.8 Å². The first-order chi connectivity index (χ1) is 7.66. The molecule has 0 radical (unpaired) electrons. The van der Waals surface area contributed by atoms with E-state index in [2.05, 4.69) is 49.0 Å². The van der Waals surface area contributed by atoms with Crippen LogP contribution in [0.4, 0.5) is 0 Å². The van der Waals surface area contributed by atoms with E-state index in [1.54, 1.807) is 0 Å². The van der Waals surface area contributed by atoms with E-state index in [1.807, 2.05) is 6.92 Å². The highest BCUT2D eigenvalue weighted by molar-refractivity contribution is 5.83. The molecule has 2 aromatic carbocycles. The summed E-state index contributed by atoms with van der Waals surface area (Å²) in [6.45, 7) is 5.92. The highest BCUT2D eigenvalue weighted by atomic mass is 14.6. The van der Waals surface area contributed by atoms with E-state index >= 15 is 0 Å². The third-order valence-corrected chi connectivity index (χ3v) is 2.77. The summed E-state index contributed by atoms with van der Waals surface area (Å²) < 4.78 is 0. The minimum Gasteiger partial charge on any atom is -0.324 e. The van der Waals surface area contributed by atoms with Crippen molar-refractivity contribution in [3.8, 4) is 0 Å². The Hall–Kier alpha value is -1.60. The molecule has 0 fully saturated rings. The van der Waals surface area contributed by atoms with Gasteiger partial charge in [0.1, 0.15) is 0 Å². The average molecular weight is 211 g/mol. The molecule has 1 heteroatoms. The van der Waals surface area contributed by atoms with Gasteiger partial charge < -0.3 is 5.73 Å². The lowest BCUT2D eigenvalue weighted by atomic mass is 9.98. The molecule has 0 amide bonds. The van der Waals surface area contributed by atoms with E-state index in [-0.39, 0.29) is 6.04 Å². The fraction of sp³-hybridized carbons (Fsp3) is 0.200. The molecule has 0 aromatic heterocycles. The van der Waals surface area contributed by atoms with Gasteiger partial charge in [-0.3, -0.25) is 0 Å². The van der Waals surface area contributed by atoms with Gasteiger partial charge in [0.05, 0.1) is 0 Å². The Morgan fingerprint density at radius 1 is 1.19 bits per heavy atom. The first kappa shape index (κ1) is 10.9. The van der Waals surface area contributed by atoms with Crippen molar-refractivity contribution in [1.82, 2.24) is 0 Å². The van der Waals surface area contributed by atoms with Gasteiger partial charge in [0, 0.05) is 6.04 Å². The summed E-state index contributed by atoms with van der Waals surface area (Å²) in [4.78, 5) is 0. The maximum absolute atomic E-state index is 6.13. The van der Waals surface area contributed by atoms with Gasteiger partial charge in [-0.05, 0) is 35.7 Å². The van der Waals surface area contributed by atoms with Crippen LogP contribution in [0.2, 0.25) is 0 Å². The third-order valence-electron chi connectivity index (χ3n) is 2.77. The minimum atomic E-state index is 0.0575. The summed E-state index contributed by atoms with van der Waals surface area (Å²) in [7, 11) is 0. The Bertz CT molecular complexity index is 514. The number of rotatable bonds is 3. The fourth-order valence-corrected chi connectivity index (χ4v) is 1.93. The van der Waals surface area contributed by atoms with E-state index in [4.69, 9.17) is 5.73 Å². The van der Waals surface area contributed by atoms with Crippen molar-refractivity contribution in [2.75, 3.05) is 0 Å². The van der Waals surface area contributed by atoms with Gasteiger partial charge in [-0.1, -0.05) is 42.0 Å². The van der Waals surface area contributed by atoms with Crippen molar-refractivity contribution in [1.29, 1.82) is 0 Å². The zero-order valence-electron chi connectivity index (χ0n) is 9.61. The summed E-state index contributed by atoms with van der Waals surface area (Å²) in [6, 6.07) is 14.8. The lowest BCUT2D eigenvalue weighted by Crippen LogP contribution is -2.10. The molecule has 2 N–H and O–H groups in total. The first-order valence-electron chi connectivity index (χ1n) is 5.55. The lowest BCUT2D eigenvalue weighted by Gasteiger charge is -2.12. The van der Waals surface area contributed by atoms with Crippen molar-refractivity contribution in [3.63, 3.8) is 0 Å². The molecule has 0 aliphatic rings. The van der Waals surface area contributed by atoms with Crippen LogP contribution in [0.1, 0.15) is 24.9 Å². The van der Waals surface area contributed by atoms with Gasteiger partial charge in [-0.25, -0.2) is 0 Å². The lowest BCUT2D eigenvalue weighted by molar-refractivity contribution is 0.718. The second-order valence-electron chi connectivity index (χ2n) is 4.37. The van der Waals surface area contributed by atoms with Crippen LogP contribution < -0.4 is 5.73 Å². The molecule has 0 saturated heterocycles. The Morgan fingerprint density at radius 2 is 1.88 bits per heavy atom. The maximum atomic E-state index is 6.13. The minimum absolute atomic E-state index is 0.0575. The van der Waals surface area contributed by atoms with Gasteiger partial charge in [0.25, 0.3) is 0 Å². The number of benzene rings is 2. The largest absolute Gasteiger partial charge is 0.324 e. The van der Waals surface area contributed by atoms with Gasteiger partial charge in [-0.2, -0.15) is 0 Å². The fourth-order valence-electron chi connectivity index (χ4n) is 1.93. The Labute approximate surface area is 96.6 Å². The molecule has 82 valence electrons. The van der Waals surface area contributed by atoms with Crippen LogP contribution in [0, 0.1) is 0 Å². The number of hydrogen-bond acceptors (Lipinski definition) is 1. The number of nitrogens with two attached hydrogens (primary N) is 1. The molecule has 1 nitrogen and oxygen atoms in total. The Kier molecular flexibility index (Phi) is 3.07. The Morgan fingerprint density at radius 3 is 2.56 bits per heavy atom. The smallest absolute Gasteiger partial charge is 0.0332 e. The van der Waals surface area contributed by atoms with Crippen LogP contribution in [0.5, 0.6) is 0 Å². The summed E-state index contributed by atoms with van der Waals surface area (Å²) in [5, 5.41) is 2.51. The summed E-state index contributed by atoms with van der Waals surface area (Å²) in [5.74, 6) is 0. The van der Waals surface area contributed by atoms with Crippen molar-refractivity contribution in [3.05, 3.63) is 60.2 Å². The SMILES string of the molecule is C=C(C)CC(N)c1ccc2ccccc2c1. The molecule has 0 bridgehead atoms. The summed E-state index contributed by atoms with van der Waals surface area (Å²) in [6.07, 6.45) is 0.846. The number of hydrogen-bond donors (Lipinski definition) is 1. The average Bonchev–Trinajstić information content (AvgIpc) is 2.27. The summed E-state index contributed by atoms with van der Waals surface area (Å²) >= 11 is 0. The van der Waals surface area contributed by atoms with Crippen molar-refractivity contribution in [2.24, 2.45) is 5.73 Å². The maximum Gasteiger partial charge on any atom is 0.0332 e. The van der Waals surface area contributed by atoms with Crippen LogP contribution in [-0.4, -0.2) is 0 Å². The van der Waals surface area contributed by atoms with Gasteiger partial charge in [-0.15, -0.1) is 6.58 Å². The number of fused-ring (bicyclic) bond motifs is 1. The highest BCUT2D eigenvalue weighted by Gasteiger charge is 2.06. The van der Waals surface area contributed by atoms with Crippen molar-refractivity contribution < 1.29 is 0 Å². The van der Waals surface area contributed by atoms with Crippen LogP contribution >= 0.6 is 0 Å². The van der Waals surface area contributed by atoms with Gasteiger partial charge in [0.2, 0.25) is 0 Å². The van der Waals surface area contributed by atoms with Crippen molar-refractivity contribution in [2.45, 2.75) is 19.4 Å². The second-order valence-corrected chi connectivity index (χ2v) is 4.37. The van der Waals surface area contributed by atoms with E-state index in [1.165, 1.54) is 16.3 Å². The molecule has 16 heavy (non-hydrogen) atoms. The zero-order valence-corrected chi connectivity index (χ0v) is 9.61. The molecule has 0 aliphatic heterocycles. The monoisotopic (exact) mass is 211 g/mol. The van der Waals surface area contributed by atoms with Crippen LogP contribution in [0.15, 0.2) is 54.6 Å². The molecule has 0 aliphatic carbocycles.